The number of hydrogen-bond donors (Lipinski definition) is 1. The van der Waals surface area contributed by atoms with Crippen molar-refractivity contribution in [2.45, 2.75) is 32.2 Å². The van der Waals surface area contributed by atoms with Crippen LogP contribution in [-0.4, -0.2) is 52.3 Å². The van der Waals surface area contributed by atoms with Gasteiger partial charge in [-0.05, 0) is 42.0 Å². The summed E-state index contributed by atoms with van der Waals surface area (Å²) in [6.07, 6.45) is 9.30. The molecule has 4 unspecified atom stereocenters. The molecule has 0 aromatic heterocycles. The number of aliphatic imine (C=N–C) groups is 1. The molecule has 25 heavy (non-hydrogen) atoms. The van der Waals surface area contributed by atoms with Crippen LogP contribution in [-0.2, 0) is 12.8 Å². The molecule has 2 aliphatic heterocycles. The van der Waals surface area contributed by atoms with E-state index in [2.05, 4.69) is 35.4 Å². The van der Waals surface area contributed by atoms with Gasteiger partial charge < -0.3 is 9.59 Å². The first-order valence-electron chi connectivity index (χ1n) is 9.29. The van der Waals surface area contributed by atoms with E-state index in [9.17, 15) is 5.11 Å². The summed E-state index contributed by atoms with van der Waals surface area (Å²) in [7, 11) is 2.43. The number of likely N-dealkylation sites (tertiary alicyclic amines) is 1. The topological polar surface area (TPSA) is 35.8 Å². The summed E-state index contributed by atoms with van der Waals surface area (Å²) in [5.41, 5.74) is 2.55. The zero-order valence-corrected chi connectivity index (χ0v) is 16.0. The SMILES string of the molecule is CC1CC[N+](C)(CSN2C=NC=CC2)C2Cc3cccc(O)c3CC12. The van der Waals surface area contributed by atoms with Gasteiger partial charge in [-0.25, -0.2) is 4.99 Å². The Morgan fingerprint density at radius 1 is 1.36 bits per heavy atom. The minimum absolute atomic E-state index is 0.494. The fourth-order valence-corrected chi connectivity index (χ4v) is 5.81. The summed E-state index contributed by atoms with van der Waals surface area (Å²) in [5, 5.41) is 10.3. The smallest absolute Gasteiger partial charge is 0.145 e. The molecule has 0 radical (unpaired) electrons. The predicted octanol–water partition coefficient (Wildman–Crippen LogP) is 3.43. The van der Waals surface area contributed by atoms with E-state index in [1.165, 1.54) is 24.1 Å². The van der Waals surface area contributed by atoms with Crippen molar-refractivity contribution in [2.75, 3.05) is 26.0 Å². The van der Waals surface area contributed by atoms with E-state index in [0.29, 0.717) is 17.7 Å². The third kappa shape index (κ3) is 3.20. The lowest BCUT2D eigenvalue weighted by atomic mass is 9.69. The Morgan fingerprint density at radius 2 is 2.24 bits per heavy atom. The van der Waals surface area contributed by atoms with Gasteiger partial charge in [-0.3, -0.25) is 4.31 Å². The van der Waals surface area contributed by atoms with Crippen LogP contribution in [0.1, 0.15) is 24.5 Å². The van der Waals surface area contributed by atoms with Gasteiger partial charge in [0.15, 0.2) is 0 Å². The number of rotatable bonds is 3. The van der Waals surface area contributed by atoms with Crippen LogP contribution in [0, 0.1) is 11.8 Å². The monoisotopic (exact) mass is 358 g/mol. The van der Waals surface area contributed by atoms with Crippen molar-refractivity contribution < 1.29 is 9.59 Å². The molecule has 0 spiro atoms. The van der Waals surface area contributed by atoms with Gasteiger partial charge in [0.2, 0.25) is 0 Å². The van der Waals surface area contributed by atoms with Crippen LogP contribution in [0.25, 0.3) is 0 Å². The highest BCUT2D eigenvalue weighted by Gasteiger charge is 2.48. The van der Waals surface area contributed by atoms with Crippen molar-refractivity contribution in [3.63, 3.8) is 0 Å². The zero-order chi connectivity index (χ0) is 17.4. The highest BCUT2D eigenvalue weighted by Crippen LogP contribution is 2.44. The second kappa shape index (κ2) is 6.69. The van der Waals surface area contributed by atoms with Crippen LogP contribution in [0.4, 0.5) is 0 Å². The number of phenolic OH excluding ortho intramolecular Hbond substituents is 1. The van der Waals surface area contributed by atoms with E-state index in [0.717, 1.165) is 35.7 Å². The highest BCUT2D eigenvalue weighted by molar-refractivity contribution is 7.97. The maximum atomic E-state index is 10.3. The quantitative estimate of drug-likeness (QED) is 0.664. The van der Waals surface area contributed by atoms with Crippen LogP contribution in [0.2, 0.25) is 0 Å². The van der Waals surface area contributed by atoms with Crippen LogP contribution in [0.3, 0.4) is 0 Å². The van der Waals surface area contributed by atoms with Crippen molar-refractivity contribution in [1.29, 1.82) is 0 Å². The first-order valence-corrected chi connectivity index (χ1v) is 10.2. The number of nitrogens with zero attached hydrogens (tertiary/aromatic N) is 3. The van der Waals surface area contributed by atoms with Gasteiger partial charge >= 0.3 is 0 Å². The molecule has 2 heterocycles. The maximum absolute atomic E-state index is 10.3. The minimum atomic E-state index is 0.494. The molecule has 1 aromatic rings. The van der Waals surface area contributed by atoms with Crippen LogP contribution in [0.15, 0.2) is 35.5 Å². The summed E-state index contributed by atoms with van der Waals surface area (Å²) in [4.78, 5) is 4.24. The molecular formula is C20H28N3OS+. The van der Waals surface area contributed by atoms with Gasteiger partial charge in [-0.1, -0.05) is 19.1 Å². The van der Waals surface area contributed by atoms with E-state index in [-0.39, 0.29) is 0 Å². The molecule has 5 heteroatoms. The average molecular weight is 359 g/mol. The van der Waals surface area contributed by atoms with Crippen LogP contribution < -0.4 is 0 Å². The molecule has 1 saturated heterocycles. The van der Waals surface area contributed by atoms with E-state index in [4.69, 9.17) is 0 Å². The lowest BCUT2D eigenvalue weighted by molar-refractivity contribution is -0.932. The third-order valence-corrected chi connectivity index (χ3v) is 7.71. The van der Waals surface area contributed by atoms with Gasteiger partial charge in [0, 0.05) is 30.5 Å². The molecule has 134 valence electrons. The Balaban J connectivity index is 1.55. The first kappa shape index (κ1) is 17.0. The fraction of sp³-hybridized carbons (Fsp3) is 0.550. The summed E-state index contributed by atoms with van der Waals surface area (Å²) >= 11 is 1.90. The first-order chi connectivity index (χ1) is 12.1. The Labute approximate surface area is 155 Å². The van der Waals surface area contributed by atoms with Gasteiger partial charge in [0.05, 0.1) is 26.2 Å². The Hall–Kier alpha value is -1.46. The molecule has 4 rings (SSSR count). The molecule has 4 atom stereocenters. The number of likely N-dealkylation sites (N-methyl/N-ethyl adjacent to an activating group) is 1. The maximum Gasteiger partial charge on any atom is 0.145 e. The van der Waals surface area contributed by atoms with Gasteiger partial charge in [-0.2, -0.15) is 0 Å². The molecule has 0 saturated carbocycles. The zero-order valence-electron chi connectivity index (χ0n) is 15.1. The molecule has 1 aliphatic carbocycles. The van der Waals surface area contributed by atoms with E-state index >= 15 is 0 Å². The highest BCUT2D eigenvalue weighted by atomic mass is 32.2. The van der Waals surface area contributed by atoms with Crippen molar-refractivity contribution in [2.24, 2.45) is 16.8 Å². The van der Waals surface area contributed by atoms with Crippen molar-refractivity contribution in [1.82, 2.24) is 4.31 Å². The molecule has 0 amide bonds. The molecule has 1 aromatic carbocycles. The van der Waals surface area contributed by atoms with Crippen LogP contribution >= 0.6 is 11.9 Å². The average Bonchev–Trinajstić information content (AvgIpc) is 2.64. The molecule has 3 aliphatic rings. The summed E-state index contributed by atoms with van der Waals surface area (Å²) in [6.45, 7) is 4.58. The molecule has 1 fully saturated rings. The van der Waals surface area contributed by atoms with E-state index < -0.39 is 0 Å². The standard InChI is InChI=1S/C20H27N3OS/c1-15-7-10-23(2,14-25-22-9-4-8-21-13-22)19-11-16-5-3-6-20(24)18(16)12-17(15)19/h3-6,8,13,15,17,19H,7,9-12,14H2,1-2H3/p+1. The lowest BCUT2D eigenvalue weighted by Crippen LogP contribution is -2.63. The van der Waals surface area contributed by atoms with Gasteiger partial charge in [0.25, 0.3) is 0 Å². The minimum Gasteiger partial charge on any atom is -0.508 e. The van der Waals surface area contributed by atoms with Crippen LogP contribution in [0.5, 0.6) is 5.75 Å². The normalized spacial score (nSPS) is 33.8. The molecule has 4 nitrogen and oxygen atoms in total. The number of piperidine rings is 1. The van der Waals surface area contributed by atoms with Crippen molar-refractivity contribution in [3.05, 3.63) is 41.6 Å². The Bertz CT molecular complexity index is 704. The summed E-state index contributed by atoms with van der Waals surface area (Å²) in [5.74, 6) is 2.97. The Morgan fingerprint density at radius 3 is 3.04 bits per heavy atom. The third-order valence-electron chi connectivity index (χ3n) is 6.43. The van der Waals surface area contributed by atoms with Gasteiger partial charge in [-0.15, -0.1) is 0 Å². The molecule has 0 bridgehead atoms. The number of hydrogen-bond acceptors (Lipinski definition) is 4. The van der Waals surface area contributed by atoms with E-state index in [1.807, 2.05) is 36.6 Å². The second-order valence-corrected chi connectivity index (χ2v) is 9.02. The summed E-state index contributed by atoms with van der Waals surface area (Å²) in [6, 6.07) is 6.70. The van der Waals surface area contributed by atoms with E-state index in [1.54, 1.807) is 0 Å². The number of benzene rings is 1. The fourth-order valence-electron chi connectivity index (χ4n) is 4.76. The second-order valence-electron chi connectivity index (χ2n) is 8.03. The largest absolute Gasteiger partial charge is 0.508 e. The lowest BCUT2D eigenvalue weighted by Gasteiger charge is -2.53. The van der Waals surface area contributed by atoms with Crippen molar-refractivity contribution in [3.8, 4) is 5.75 Å². The van der Waals surface area contributed by atoms with Crippen molar-refractivity contribution >= 4 is 18.3 Å². The number of fused-ring (bicyclic) bond motifs is 2. The Kier molecular flexibility index (Phi) is 4.54. The molecule has 1 N–H and O–H groups in total. The number of quaternary nitrogens is 1. The van der Waals surface area contributed by atoms with Gasteiger partial charge in [0.1, 0.15) is 18.0 Å². The number of aromatic hydroxyl groups is 1. The summed E-state index contributed by atoms with van der Waals surface area (Å²) < 4.78 is 3.35. The predicted molar refractivity (Wildman–Crippen MR) is 104 cm³/mol. The number of phenols is 1. The molecular weight excluding hydrogens is 330 g/mol.